The van der Waals surface area contributed by atoms with Crippen LogP contribution >= 0.6 is 11.6 Å². The normalized spacial score (nSPS) is 11.2. The van der Waals surface area contributed by atoms with Crippen molar-refractivity contribution in [1.29, 1.82) is 0 Å². The fourth-order valence-electron chi connectivity index (χ4n) is 2.72. The Kier molecular flexibility index (Phi) is 6.48. The zero-order valence-electron chi connectivity index (χ0n) is 15.7. The van der Waals surface area contributed by atoms with E-state index < -0.39 is 0 Å². The minimum atomic E-state index is 0.514. The Balaban J connectivity index is 2.35. The maximum Gasteiger partial charge on any atom is 0.159 e. The van der Waals surface area contributed by atoms with Crippen molar-refractivity contribution >= 4 is 34.6 Å². The smallest absolute Gasteiger partial charge is 0.159 e. The lowest BCUT2D eigenvalue weighted by molar-refractivity contribution is 0.549. The summed E-state index contributed by atoms with van der Waals surface area (Å²) in [6, 6.07) is 5.70. The number of benzene rings is 1. The van der Waals surface area contributed by atoms with E-state index >= 15 is 0 Å². The molecule has 1 heterocycles. The number of hydrogen-bond acceptors (Lipinski definition) is 5. The molecule has 0 spiro atoms. The number of nitrogens with two attached hydrogens (primary N) is 1. The molecule has 0 bridgehead atoms. The molecule has 0 aliphatic heterocycles. The Labute approximate surface area is 155 Å². The van der Waals surface area contributed by atoms with Gasteiger partial charge in [0.25, 0.3) is 0 Å². The second-order valence-electron chi connectivity index (χ2n) is 7.24. The van der Waals surface area contributed by atoms with Crippen LogP contribution in [0.1, 0.15) is 33.3 Å². The lowest BCUT2D eigenvalue weighted by Gasteiger charge is -2.28. The van der Waals surface area contributed by atoms with E-state index in [-0.39, 0.29) is 0 Å². The molecule has 6 heteroatoms. The van der Waals surface area contributed by atoms with Gasteiger partial charge in [-0.1, -0.05) is 45.4 Å². The third-order valence-electron chi connectivity index (χ3n) is 3.79. The molecular formula is C19H28ClN5. The summed E-state index contributed by atoms with van der Waals surface area (Å²) < 4.78 is 0. The number of aromatic nitrogens is 2. The van der Waals surface area contributed by atoms with E-state index in [1.807, 2.05) is 25.1 Å². The average molecular weight is 362 g/mol. The highest BCUT2D eigenvalue weighted by Crippen LogP contribution is 2.31. The Hall–Kier alpha value is -2.01. The highest BCUT2D eigenvalue weighted by molar-refractivity contribution is 6.30. The first-order valence-corrected chi connectivity index (χ1v) is 9.04. The zero-order valence-corrected chi connectivity index (χ0v) is 16.4. The molecule has 0 saturated carbocycles. The van der Waals surface area contributed by atoms with Gasteiger partial charge in [-0.05, 0) is 36.5 Å². The highest BCUT2D eigenvalue weighted by Gasteiger charge is 2.18. The molecular weight excluding hydrogens is 334 g/mol. The van der Waals surface area contributed by atoms with E-state index in [1.54, 1.807) is 6.33 Å². The molecule has 0 radical (unpaired) electrons. The van der Waals surface area contributed by atoms with Crippen LogP contribution in [0, 0.1) is 18.8 Å². The number of nitrogens with zero attached hydrogens (tertiary/aromatic N) is 3. The Morgan fingerprint density at radius 3 is 2.36 bits per heavy atom. The molecule has 5 nitrogen and oxygen atoms in total. The van der Waals surface area contributed by atoms with Crippen molar-refractivity contribution in [3.8, 4) is 0 Å². The van der Waals surface area contributed by atoms with Crippen LogP contribution in [0.15, 0.2) is 24.5 Å². The van der Waals surface area contributed by atoms with Crippen molar-refractivity contribution in [2.24, 2.45) is 11.8 Å². The lowest BCUT2D eigenvalue weighted by atomic mass is 10.1. The van der Waals surface area contributed by atoms with Gasteiger partial charge in [-0.25, -0.2) is 9.97 Å². The fraction of sp³-hybridized carbons (Fsp3) is 0.474. The topological polar surface area (TPSA) is 67.1 Å². The Morgan fingerprint density at radius 2 is 1.76 bits per heavy atom. The van der Waals surface area contributed by atoms with Crippen LogP contribution in [0.3, 0.4) is 0 Å². The first kappa shape index (κ1) is 19.3. The largest absolute Gasteiger partial charge is 0.393 e. The predicted octanol–water partition coefficient (Wildman–Crippen LogP) is 4.88. The molecule has 0 unspecified atom stereocenters. The minimum absolute atomic E-state index is 0.514. The number of rotatable bonds is 7. The first-order chi connectivity index (χ1) is 11.8. The summed E-state index contributed by atoms with van der Waals surface area (Å²) in [5, 5.41) is 3.96. The van der Waals surface area contributed by atoms with Gasteiger partial charge in [0.1, 0.15) is 12.0 Å². The molecule has 2 aromatic rings. The number of hydrogen-bond donors (Lipinski definition) is 2. The van der Waals surface area contributed by atoms with E-state index in [2.05, 4.69) is 47.9 Å². The Morgan fingerprint density at radius 1 is 1.12 bits per heavy atom. The van der Waals surface area contributed by atoms with Gasteiger partial charge in [0, 0.05) is 23.8 Å². The standard InChI is InChI=1S/C19H28ClN5/c1-12(2)9-25(10-13(3)4)19-17(21)18(22-11-23-19)24-16-8-15(20)7-6-14(16)5/h6-8,11-13H,9-10,21H2,1-5H3,(H,22,23,24). The monoisotopic (exact) mass is 361 g/mol. The van der Waals surface area contributed by atoms with Gasteiger partial charge in [0.2, 0.25) is 0 Å². The molecule has 3 N–H and O–H groups in total. The van der Waals surface area contributed by atoms with Crippen LogP contribution in [-0.2, 0) is 0 Å². The highest BCUT2D eigenvalue weighted by atomic mass is 35.5. The average Bonchev–Trinajstić information content (AvgIpc) is 2.51. The molecule has 25 heavy (non-hydrogen) atoms. The summed E-state index contributed by atoms with van der Waals surface area (Å²) in [7, 11) is 0. The van der Waals surface area contributed by atoms with Crippen molar-refractivity contribution in [3.63, 3.8) is 0 Å². The lowest BCUT2D eigenvalue weighted by Crippen LogP contribution is -2.32. The summed E-state index contributed by atoms with van der Waals surface area (Å²) in [6.07, 6.45) is 1.56. The van der Waals surface area contributed by atoms with Gasteiger partial charge < -0.3 is 16.0 Å². The van der Waals surface area contributed by atoms with Crippen LogP contribution in [0.5, 0.6) is 0 Å². The third-order valence-corrected chi connectivity index (χ3v) is 4.02. The third kappa shape index (κ3) is 5.23. The Bertz CT molecular complexity index is 705. The van der Waals surface area contributed by atoms with Gasteiger partial charge in [0.05, 0.1) is 0 Å². The number of anilines is 4. The quantitative estimate of drug-likeness (QED) is 0.735. The predicted molar refractivity (Wildman–Crippen MR) is 108 cm³/mol. The molecule has 0 amide bonds. The van der Waals surface area contributed by atoms with Crippen molar-refractivity contribution in [2.45, 2.75) is 34.6 Å². The molecule has 0 atom stereocenters. The molecule has 0 aliphatic carbocycles. The fourth-order valence-corrected chi connectivity index (χ4v) is 2.90. The van der Waals surface area contributed by atoms with E-state index in [0.717, 1.165) is 30.2 Å². The van der Waals surface area contributed by atoms with E-state index in [0.29, 0.717) is 28.4 Å². The van der Waals surface area contributed by atoms with Crippen LogP contribution in [0.4, 0.5) is 23.0 Å². The van der Waals surface area contributed by atoms with Crippen LogP contribution in [-0.4, -0.2) is 23.1 Å². The van der Waals surface area contributed by atoms with Crippen molar-refractivity contribution in [3.05, 3.63) is 35.1 Å². The van der Waals surface area contributed by atoms with Crippen molar-refractivity contribution in [2.75, 3.05) is 29.0 Å². The summed E-state index contributed by atoms with van der Waals surface area (Å²) in [5.74, 6) is 2.41. The number of halogens is 1. The molecule has 1 aromatic carbocycles. The molecule has 2 rings (SSSR count). The van der Waals surface area contributed by atoms with Crippen LogP contribution in [0.2, 0.25) is 5.02 Å². The van der Waals surface area contributed by atoms with Crippen molar-refractivity contribution in [1.82, 2.24) is 9.97 Å². The van der Waals surface area contributed by atoms with E-state index in [1.165, 1.54) is 0 Å². The van der Waals surface area contributed by atoms with Crippen LogP contribution in [0.25, 0.3) is 0 Å². The van der Waals surface area contributed by atoms with Crippen LogP contribution < -0.4 is 16.0 Å². The van der Waals surface area contributed by atoms with E-state index in [9.17, 15) is 0 Å². The van der Waals surface area contributed by atoms with Gasteiger partial charge >= 0.3 is 0 Å². The number of aryl methyl sites for hydroxylation is 1. The minimum Gasteiger partial charge on any atom is -0.393 e. The molecule has 0 saturated heterocycles. The van der Waals surface area contributed by atoms with Gasteiger partial charge in [-0.2, -0.15) is 0 Å². The van der Waals surface area contributed by atoms with Crippen molar-refractivity contribution < 1.29 is 0 Å². The van der Waals surface area contributed by atoms with E-state index in [4.69, 9.17) is 17.3 Å². The number of nitrogens with one attached hydrogen (secondary N) is 1. The summed E-state index contributed by atoms with van der Waals surface area (Å²) in [5.41, 5.74) is 8.93. The molecule has 0 aliphatic rings. The molecule has 136 valence electrons. The molecule has 1 aromatic heterocycles. The molecule has 0 fully saturated rings. The maximum absolute atomic E-state index is 6.41. The SMILES string of the molecule is Cc1ccc(Cl)cc1Nc1ncnc(N(CC(C)C)CC(C)C)c1N. The first-order valence-electron chi connectivity index (χ1n) is 8.66. The van der Waals surface area contributed by atoms with Gasteiger partial charge in [-0.3, -0.25) is 0 Å². The summed E-state index contributed by atoms with van der Waals surface area (Å²) in [6.45, 7) is 12.6. The second kappa shape index (κ2) is 8.39. The number of nitrogen functional groups attached to an aromatic ring is 1. The maximum atomic E-state index is 6.41. The summed E-state index contributed by atoms with van der Waals surface area (Å²) in [4.78, 5) is 11.0. The van der Waals surface area contributed by atoms with Gasteiger partial charge in [-0.15, -0.1) is 0 Å². The summed E-state index contributed by atoms with van der Waals surface area (Å²) >= 11 is 6.11. The zero-order chi connectivity index (χ0) is 18.6. The second-order valence-corrected chi connectivity index (χ2v) is 7.67. The van der Waals surface area contributed by atoms with Gasteiger partial charge in [0.15, 0.2) is 11.6 Å².